The fraction of sp³-hybridized carbons (Fsp3) is 0.381. The molecule has 1 saturated heterocycles. The molecular weight excluding hydrogens is 343 g/mol. The SMILES string of the molecule is COc1cccc(F)c1C1=CNC(c2ccc(N3CCC[C@H]3CN)cn2)C1. The van der Waals surface area contributed by atoms with Crippen molar-refractivity contribution in [1.29, 1.82) is 0 Å². The van der Waals surface area contributed by atoms with Gasteiger partial charge in [-0.15, -0.1) is 0 Å². The van der Waals surface area contributed by atoms with Crippen molar-refractivity contribution in [3.8, 4) is 5.75 Å². The molecule has 0 amide bonds. The van der Waals surface area contributed by atoms with Crippen LogP contribution in [-0.4, -0.2) is 31.2 Å². The Morgan fingerprint density at radius 3 is 2.96 bits per heavy atom. The fourth-order valence-corrected chi connectivity index (χ4v) is 4.08. The van der Waals surface area contributed by atoms with Gasteiger partial charge in [0.1, 0.15) is 11.6 Å². The van der Waals surface area contributed by atoms with Crippen LogP contribution in [0.25, 0.3) is 5.57 Å². The molecule has 2 atom stereocenters. The number of hydrogen-bond acceptors (Lipinski definition) is 5. The summed E-state index contributed by atoms with van der Waals surface area (Å²) in [4.78, 5) is 7.00. The number of nitrogens with one attached hydrogen (secondary N) is 1. The first-order valence-electron chi connectivity index (χ1n) is 9.42. The highest BCUT2D eigenvalue weighted by Gasteiger charge is 2.26. The molecule has 2 aliphatic heterocycles. The monoisotopic (exact) mass is 368 g/mol. The first-order valence-corrected chi connectivity index (χ1v) is 9.42. The van der Waals surface area contributed by atoms with Crippen molar-refractivity contribution in [3.63, 3.8) is 0 Å². The van der Waals surface area contributed by atoms with Crippen molar-refractivity contribution in [2.75, 3.05) is 25.1 Å². The molecule has 3 heterocycles. The third-order valence-corrected chi connectivity index (χ3v) is 5.51. The molecule has 1 aromatic heterocycles. The van der Waals surface area contributed by atoms with Crippen LogP contribution in [0.1, 0.15) is 36.6 Å². The second-order valence-corrected chi connectivity index (χ2v) is 7.08. The Hall–Kier alpha value is -2.60. The summed E-state index contributed by atoms with van der Waals surface area (Å²) < 4.78 is 19.7. The largest absolute Gasteiger partial charge is 0.496 e. The van der Waals surface area contributed by atoms with Crippen molar-refractivity contribution >= 4 is 11.3 Å². The van der Waals surface area contributed by atoms with Gasteiger partial charge in [0, 0.05) is 31.8 Å². The summed E-state index contributed by atoms with van der Waals surface area (Å²) >= 11 is 0. The normalized spacial score (nSPS) is 21.9. The van der Waals surface area contributed by atoms with E-state index in [1.54, 1.807) is 19.2 Å². The Kier molecular flexibility index (Phi) is 4.99. The average molecular weight is 368 g/mol. The number of nitrogens with two attached hydrogens (primary N) is 1. The van der Waals surface area contributed by atoms with Gasteiger partial charge in [0.2, 0.25) is 0 Å². The third kappa shape index (κ3) is 3.37. The number of aromatic nitrogens is 1. The molecule has 6 heteroatoms. The summed E-state index contributed by atoms with van der Waals surface area (Å²) in [5.74, 6) is 0.280. The van der Waals surface area contributed by atoms with Crippen molar-refractivity contribution in [2.24, 2.45) is 5.73 Å². The van der Waals surface area contributed by atoms with E-state index in [0.29, 0.717) is 30.3 Å². The summed E-state index contributed by atoms with van der Waals surface area (Å²) in [5.41, 5.74) is 9.36. The summed E-state index contributed by atoms with van der Waals surface area (Å²) in [6, 6.07) is 9.50. The van der Waals surface area contributed by atoms with E-state index < -0.39 is 0 Å². The number of rotatable bonds is 5. The Bertz CT molecular complexity index is 837. The van der Waals surface area contributed by atoms with Crippen LogP contribution < -0.4 is 20.7 Å². The number of halogens is 1. The van der Waals surface area contributed by atoms with E-state index in [4.69, 9.17) is 10.5 Å². The molecular formula is C21H25FN4O. The zero-order chi connectivity index (χ0) is 18.8. The summed E-state index contributed by atoms with van der Waals surface area (Å²) in [6.07, 6.45) is 6.77. The van der Waals surface area contributed by atoms with Crippen molar-refractivity contribution in [1.82, 2.24) is 10.3 Å². The number of benzene rings is 1. The van der Waals surface area contributed by atoms with E-state index in [-0.39, 0.29) is 11.9 Å². The highest BCUT2D eigenvalue weighted by molar-refractivity contribution is 5.73. The standard InChI is InChI=1S/C21H25FN4O/c1-27-20-6-2-5-17(22)21(20)14-10-19(24-12-14)18-8-7-16(13-25-18)26-9-3-4-15(26)11-23/h2,5-8,12-13,15,19,24H,3-4,9-11,23H2,1H3/t15-,19?/m0/s1. The van der Waals surface area contributed by atoms with Crippen LogP contribution in [0.3, 0.4) is 0 Å². The minimum absolute atomic E-state index is 0.0299. The number of pyridine rings is 1. The predicted molar refractivity (Wildman–Crippen MR) is 105 cm³/mol. The molecule has 0 bridgehead atoms. The second-order valence-electron chi connectivity index (χ2n) is 7.08. The molecule has 0 spiro atoms. The smallest absolute Gasteiger partial charge is 0.134 e. The molecule has 27 heavy (non-hydrogen) atoms. The van der Waals surface area contributed by atoms with Gasteiger partial charge in [0.25, 0.3) is 0 Å². The molecule has 4 rings (SSSR count). The molecule has 1 unspecified atom stereocenters. The molecule has 0 aliphatic carbocycles. The lowest BCUT2D eigenvalue weighted by Crippen LogP contribution is -2.35. The molecule has 0 radical (unpaired) electrons. The number of nitrogens with zero attached hydrogens (tertiary/aromatic N) is 2. The Balaban J connectivity index is 1.49. The summed E-state index contributed by atoms with van der Waals surface area (Å²) in [6.45, 7) is 1.70. The molecule has 142 valence electrons. The lowest BCUT2D eigenvalue weighted by atomic mass is 9.99. The van der Waals surface area contributed by atoms with Crippen molar-refractivity contribution < 1.29 is 9.13 Å². The Labute approximate surface area is 159 Å². The highest BCUT2D eigenvalue weighted by Crippen LogP contribution is 2.37. The first kappa shape index (κ1) is 17.8. The minimum Gasteiger partial charge on any atom is -0.496 e. The summed E-state index contributed by atoms with van der Waals surface area (Å²) in [7, 11) is 1.56. The van der Waals surface area contributed by atoms with Gasteiger partial charge in [-0.1, -0.05) is 6.07 Å². The van der Waals surface area contributed by atoms with Crippen LogP contribution in [-0.2, 0) is 0 Å². The molecule has 3 N–H and O–H groups in total. The second kappa shape index (κ2) is 7.56. The van der Waals surface area contributed by atoms with E-state index >= 15 is 0 Å². The quantitative estimate of drug-likeness (QED) is 0.848. The maximum atomic E-state index is 14.3. The lowest BCUT2D eigenvalue weighted by Gasteiger charge is -2.25. The molecule has 1 fully saturated rings. The van der Waals surface area contributed by atoms with Crippen LogP contribution in [0.2, 0.25) is 0 Å². The average Bonchev–Trinajstić information content (AvgIpc) is 3.37. The number of ether oxygens (including phenoxy) is 1. The molecule has 0 saturated carbocycles. The van der Waals surface area contributed by atoms with Gasteiger partial charge in [0.15, 0.2) is 0 Å². The van der Waals surface area contributed by atoms with Crippen LogP contribution in [0.15, 0.2) is 42.7 Å². The van der Waals surface area contributed by atoms with Gasteiger partial charge in [-0.25, -0.2) is 4.39 Å². The topological polar surface area (TPSA) is 63.4 Å². The van der Waals surface area contributed by atoms with Crippen molar-refractivity contribution in [2.45, 2.75) is 31.3 Å². The minimum atomic E-state index is -0.270. The van der Waals surface area contributed by atoms with Crippen LogP contribution in [0.4, 0.5) is 10.1 Å². The Morgan fingerprint density at radius 2 is 2.22 bits per heavy atom. The summed E-state index contributed by atoms with van der Waals surface area (Å²) in [5, 5.41) is 3.33. The number of anilines is 1. The van der Waals surface area contributed by atoms with Crippen LogP contribution in [0, 0.1) is 5.82 Å². The number of hydrogen-bond donors (Lipinski definition) is 2. The molecule has 5 nitrogen and oxygen atoms in total. The van der Waals surface area contributed by atoms with Gasteiger partial charge in [0.05, 0.1) is 36.3 Å². The molecule has 1 aromatic carbocycles. The van der Waals surface area contributed by atoms with E-state index in [2.05, 4.69) is 21.3 Å². The number of methoxy groups -OCH3 is 1. The van der Waals surface area contributed by atoms with Crippen molar-refractivity contribution in [3.05, 3.63) is 59.8 Å². The first-order chi connectivity index (χ1) is 13.2. The van der Waals surface area contributed by atoms with Gasteiger partial charge in [-0.2, -0.15) is 0 Å². The van der Waals surface area contributed by atoms with Crippen LogP contribution >= 0.6 is 0 Å². The lowest BCUT2D eigenvalue weighted by molar-refractivity contribution is 0.409. The zero-order valence-corrected chi connectivity index (χ0v) is 15.5. The molecule has 2 aromatic rings. The van der Waals surface area contributed by atoms with Gasteiger partial charge >= 0.3 is 0 Å². The third-order valence-electron chi connectivity index (χ3n) is 5.51. The van der Waals surface area contributed by atoms with Gasteiger partial charge in [-0.3, -0.25) is 4.98 Å². The Morgan fingerprint density at radius 1 is 1.33 bits per heavy atom. The maximum absolute atomic E-state index is 14.3. The molecule has 2 aliphatic rings. The van der Waals surface area contributed by atoms with E-state index in [9.17, 15) is 4.39 Å². The maximum Gasteiger partial charge on any atom is 0.134 e. The van der Waals surface area contributed by atoms with E-state index in [0.717, 1.165) is 29.9 Å². The highest BCUT2D eigenvalue weighted by atomic mass is 19.1. The van der Waals surface area contributed by atoms with E-state index in [1.807, 2.05) is 18.5 Å². The van der Waals surface area contributed by atoms with Gasteiger partial charge in [-0.05, 0) is 42.7 Å². The van der Waals surface area contributed by atoms with E-state index in [1.165, 1.54) is 12.5 Å². The van der Waals surface area contributed by atoms with Gasteiger partial charge < -0.3 is 20.7 Å². The predicted octanol–water partition coefficient (Wildman–Crippen LogP) is 3.23. The zero-order valence-electron chi connectivity index (χ0n) is 15.5. The fourth-order valence-electron chi connectivity index (χ4n) is 4.08. The van der Waals surface area contributed by atoms with Crippen LogP contribution in [0.5, 0.6) is 5.75 Å².